The quantitative estimate of drug-likeness (QED) is 0.527. The van der Waals surface area contributed by atoms with Crippen LogP contribution in [0.15, 0.2) is 54.6 Å². The molecule has 0 saturated carbocycles. The molecule has 0 atom stereocenters. The molecule has 0 aliphatic carbocycles. The van der Waals surface area contributed by atoms with Crippen molar-refractivity contribution in [3.63, 3.8) is 0 Å². The maximum Gasteiger partial charge on any atom is 0.251 e. The van der Waals surface area contributed by atoms with Crippen LogP contribution in [-0.2, 0) is 9.53 Å². The van der Waals surface area contributed by atoms with Crippen LogP contribution in [0.3, 0.4) is 0 Å². The maximum atomic E-state index is 12.2. The van der Waals surface area contributed by atoms with E-state index in [1.54, 1.807) is 44.6 Å². The molecule has 0 saturated heterocycles. The number of hydrogen-bond acceptors (Lipinski definition) is 4. The first-order valence-corrected chi connectivity index (χ1v) is 8.63. The van der Waals surface area contributed by atoms with Gasteiger partial charge in [-0.25, -0.2) is 0 Å². The van der Waals surface area contributed by atoms with Gasteiger partial charge in [-0.15, -0.1) is 0 Å². The van der Waals surface area contributed by atoms with Crippen LogP contribution in [0.2, 0.25) is 0 Å². The van der Waals surface area contributed by atoms with Gasteiger partial charge in [-0.05, 0) is 36.8 Å². The third-order valence-electron chi connectivity index (χ3n) is 3.76. The molecule has 2 aromatic rings. The number of carbonyl (C=O) groups is 2. The number of rotatable bonds is 9. The Morgan fingerprint density at radius 2 is 1.89 bits per heavy atom. The van der Waals surface area contributed by atoms with E-state index in [1.165, 1.54) is 6.08 Å². The van der Waals surface area contributed by atoms with Crippen molar-refractivity contribution in [3.8, 4) is 5.75 Å². The molecule has 6 nitrogen and oxygen atoms in total. The van der Waals surface area contributed by atoms with Gasteiger partial charge in [0.2, 0.25) is 5.91 Å². The number of benzene rings is 2. The van der Waals surface area contributed by atoms with Crippen molar-refractivity contribution in [2.45, 2.75) is 6.42 Å². The summed E-state index contributed by atoms with van der Waals surface area (Å²) in [4.78, 5) is 24.3. The van der Waals surface area contributed by atoms with Crippen LogP contribution in [0.25, 0.3) is 6.08 Å². The lowest BCUT2D eigenvalue weighted by molar-refractivity contribution is -0.111. The average molecular weight is 368 g/mol. The van der Waals surface area contributed by atoms with E-state index in [-0.39, 0.29) is 11.8 Å². The molecule has 142 valence electrons. The second-order valence-corrected chi connectivity index (χ2v) is 5.75. The number of carbonyl (C=O) groups excluding carboxylic acids is 2. The van der Waals surface area contributed by atoms with Crippen molar-refractivity contribution in [2.24, 2.45) is 0 Å². The lowest BCUT2D eigenvalue weighted by atomic mass is 10.1. The van der Waals surface area contributed by atoms with E-state index in [1.807, 2.05) is 24.3 Å². The first-order valence-electron chi connectivity index (χ1n) is 8.63. The van der Waals surface area contributed by atoms with Crippen LogP contribution in [0.5, 0.6) is 5.75 Å². The summed E-state index contributed by atoms with van der Waals surface area (Å²) in [5.74, 6) is 0.207. The highest BCUT2D eigenvalue weighted by molar-refractivity contribution is 6.03. The summed E-state index contributed by atoms with van der Waals surface area (Å²) in [7, 11) is 3.20. The molecule has 6 heteroatoms. The van der Waals surface area contributed by atoms with Gasteiger partial charge in [-0.2, -0.15) is 0 Å². The molecule has 2 amide bonds. The van der Waals surface area contributed by atoms with Crippen LogP contribution in [0.4, 0.5) is 5.69 Å². The monoisotopic (exact) mass is 368 g/mol. The fourth-order valence-corrected chi connectivity index (χ4v) is 2.41. The Morgan fingerprint density at radius 3 is 2.67 bits per heavy atom. The molecular weight excluding hydrogens is 344 g/mol. The molecule has 27 heavy (non-hydrogen) atoms. The van der Waals surface area contributed by atoms with E-state index in [2.05, 4.69) is 10.6 Å². The lowest BCUT2D eigenvalue weighted by Crippen LogP contribution is -2.25. The standard InChI is InChI=1S/C21H24N2O4/c1-26-14-6-13-22-21(25)17-8-5-9-18(15-17)23-20(24)12-11-16-7-3-4-10-19(16)27-2/h3-5,7-12,15H,6,13-14H2,1-2H3,(H,22,25)(H,23,24)/b12-11+. The smallest absolute Gasteiger partial charge is 0.251 e. The molecule has 2 rings (SSSR count). The third-order valence-corrected chi connectivity index (χ3v) is 3.76. The summed E-state index contributed by atoms with van der Waals surface area (Å²) in [6.45, 7) is 1.12. The molecule has 0 radical (unpaired) electrons. The highest BCUT2D eigenvalue weighted by Gasteiger charge is 2.07. The number of nitrogens with one attached hydrogen (secondary N) is 2. The van der Waals surface area contributed by atoms with Gasteiger partial charge in [0.05, 0.1) is 7.11 Å². The second-order valence-electron chi connectivity index (χ2n) is 5.75. The largest absolute Gasteiger partial charge is 0.496 e. The summed E-state index contributed by atoms with van der Waals surface area (Å²) in [6, 6.07) is 14.2. The predicted molar refractivity (Wildman–Crippen MR) is 106 cm³/mol. The number of methoxy groups -OCH3 is 2. The van der Waals surface area contributed by atoms with Gasteiger partial charge in [0.15, 0.2) is 0 Å². The zero-order valence-corrected chi connectivity index (χ0v) is 15.5. The highest BCUT2D eigenvalue weighted by Crippen LogP contribution is 2.18. The summed E-state index contributed by atoms with van der Waals surface area (Å²) in [6.07, 6.45) is 3.85. The number of anilines is 1. The van der Waals surface area contributed by atoms with Crippen LogP contribution >= 0.6 is 0 Å². The summed E-state index contributed by atoms with van der Waals surface area (Å²) < 4.78 is 10.2. The molecule has 0 spiro atoms. The molecule has 0 aliphatic heterocycles. The Balaban J connectivity index is 1.95. The van der Waals surface area contributed by atoms with Crippen LogP contribution in [-0.4, -0.2) is 39.2 Å². The minimum atomic E-state index is -0.293. The Labute approximate surface area is 159 Å². The Hall–Kier alpha value is -3.12. The van der Waals surface area contributed by atoms with Crippen molar-refractivity contribution in [1.82, 2.24) is 5.32 Å². The molecule has 0 aromatic heterocycles. The van der Waals surface area contributed by atoms with Crippen molar-refractivity contribution in [1.29, 1.82) is 0 Å². The molecule has 2 aromatic carbocycles. The van der Waals surface area contributed by atoms with Gasteiger partial charge in [0.25, 0.3) is 5.91 Å². The van der Waals surface area contributed by atoms with E-state index < -0.39 is 0 Å². The van der Waals surface area contributed by atoms with E-state index in [0.717, 1.165) is 12.0 Å². The minimum Gasteiger partial charge on any atom is -0.496 e. The molecule has 0 unspecified atom stereocenters. The second kappa shape index (κ2) is 10.8. The minimum absolute atomic E-state index is 0.188. The molecular formula is C21H24N2O4. The van der Waals surface area contributed by atoms with Crippen molar-refractivity contribution in [2.75, 3.05) is 32.7 Å². The number of amides is 2. The van der Waals surface area contributed by atoms with Crippen molar-refractivity contribution in [3.05, 3.63) is 65.7 Å². The van der Waals surface area contributed by atoms with Crippen molar-refractivity contribution < 1.29 is 19.1 Å². The van der Waals surface area contributed by atoms with Crippen LogP contribution < -0.4 is 15.4 Å². The van der Waals surface area contributed by atoms with E-state index in [4.69, 9.17) is 9.47 Å². The molecule has 0 bridgehead atoms. The first-order chi connectivity index (χ1) is 13.1. The van der Waals surface area contributed by atoms with Gasteiger partial charge in [-0.3, -0.25) is 9.59 Å². The SMILES string of the molecule is COCCCNC(=O)c1cccc(NC(=O)/C=C/c2ccccc2OC)c1. The molecule has 0 aliphatic rings. The Morgan fingerprint density at radius 1 is 1.07 bits per heavy atom. The highest BCUT2D eigenvalue weighted by atomic mass is 16.5. The van der Waals surface area contributed by atoms with Gasteiger partial charge in [0.1, 0.15) is 5.75 Å². The lowest BCUT2D eigenvalue weighted by Gasteiger charge is -2.07. The van der Waals surface area contributed by atoms with Gasteiger partial charge in [0, 0.05) is 43.2 Å². The molecule has 0 fully saturated rings. The molecule has 0 heterocycles. The number of ether oxygens (including phenoxy) is 2. The fourth-order valence-electron chi connectivity index (χ4n) is 2.41. The Kier molecular flexibility index (Phi) is 8.06. The van der Waals surface area contributed by atoms with Crippen LogP contribution in [0.1, 0.15) is 22.3 Å². The predicted octanol–water partition coefficient (Wildman–Crippen LogP) is 3.11. The maximum absolute atomic E-state index is 12.2. The molecule has 2 N–H and O–H groups in total. The fraction of sp³-hybridized carbons (Fsp3) is 0.238. The number of para-hydroxylation sites is 1. The van der Waals surface area contributed by atoms with Crippen LogP contribution in [0, 0.1) is 0 Å². The average Bonchev–Trinajstić information content (AvgIpc) is 2.70. The summed E-state index contributed by atoms with van der Waals surface area (Å²) >= 11 is 0. The Bertz CT molecular complexity index is 802. The summed E-state index contributed by atoms with van der Waals surface area (Å²) in [5.41, 5.74) is 1.84. The normalized spacial score (nSPS) is 10.6. The first kappa shape index (κ1) is 20.2. The zero-order chi connectivity index (χ0) is 19.5. The third kappa shape index (κ3) is 6.60. The van der Waals surface area contributed by atoms with Gasteiger partial charge < -0.3 is 20.1 Å². The van der Waals surface area contributed by atoms with Gasteiger partial charge >= 0.3 is 0 Å². The summed E-state index contributed by atoms with van der Waals surface area (Å²) in [5, 5.41) is 5.57. The zero-order valence-electron chi connectivity index (χ0n) is 15.5. The van der Waals surface area contributed by atoms with E-state index >= 15 is 0 Å². The van der Waals surface area contributed by atoms with Crippen molar-refractivity contribution >= 4 is 23.6 Å². The number of hydrogen-bond donors (Lipinski definition) is 2. The van der Waals surface area contributed by atoms with E-state index in [0.29, 0.717) is 30.2 Å². The van der Waals surface area contributed by atoms with Gasteiger partial charge in [-0.1, -0.05) is 24.3 Å². The van der Waals surface area contributed by atoms with E-state index in [9.17, 15) is 9.59 Å². The topological polar surface area (TPSA) is 76.7 Å².